The number of nitrogen functional groups attached to an aromatic ring is 1. The number of hydrogen-bond acceptors (Lipinski definition) is 12. The minimum absolute atomic E-state index is 0.0512. The Morgan fingerprint density at radius 3 is 2.44 bits per heavy atom. The first-order valence-electron chi connectivity index (χ1n) is 8.25. The Morgan fingerprint density at radius 2 is 1.78 bits per heavy atom. The van der Waals surface area contributed by atoms with Crippen LogP contribution in [0.4, 0.5) is 5.82 Å². The maximum absolute atomic E-state index is 11.9. The first-order chi connectivity index (χ1) is 14.7. The van der Waals surface area contributed by atoms with Crippen molar-refractivity contribution in [2.45, 2.75) is 24.5 Å². The second-order valence-corrected chi connectivity index (χ2v) is 10.7. The van der Waals surface area contributed by atoms with Gasteiger partial charge in [-0.15, -0.1) is 0 Å². The molecule has 1 fully saturated rings. The summed E-state index contributed by atoms with van der Waals surface area (Å²) in [5.41, 5.74) is 8.29. The van der Waals surface area contributed by atoms with E-state index in [0.29, 0.717) is 0 Å². The molecule has 2 aromatic rings. The molecule has 0 saturated carbocycles. The summed E-state index contributed by atoms with van der Waals surface area (Å²) in [5, 5.41) is 20.5. The lowest BCUT2D eigenvalue weighted by molar-refractivity contribution is -0.0501. The molecule has 1 aliphatic rings. The number of anilines is 1. The fourth-order valence-corrected chi connectivity index (χ4v) is 5.47. The average molecular weight is 515 g/mol. The van der Waals surface area contributed by atoms with Crippen molar-refractivity contribution in [2.75, 3.05) is 12.3 Å². The maximum Gasteiger partial charge on any atom is 0.480 e. The molecule has 1 aliphatic heterocycles. The Morgan fingerprint density at radius 1 is 1.09 bits per heavy atom. The first-order valence-corrected chi connectivity index (χ1v) is 12.9. The molecule has 17 nitrogen and oxygen atoms in total. The highest BCUT2D eigenvalue weighted by molar-refractivity contribution is 7.68. The standard InChI is InChI=1S/C12H16N5O12P3/c13-10-7-11(15-4-14-10)17(5-16-7)12-9(19)8(18)6(28-12)3-27-32(25,26)29-31(23,24)2-1-30(20,21)22/h4-6,8-9,12,18-19H,3H2,(H,23,24)(H,25,26)(H2,13,14,15)(H2,20,21,22)/t6-,8-,9-,12-/m1/s1. The number of rotatable bonds is 6. The molecule has 0 spiro atoms. The Labute approximate surface area is 178 Å². The largest absolute Gasteiger partial charge is 0.480 e. The first kappa shape index (κ1) is 24.9. The van der Waals surface area contributed by atoms with Crippen LogP contribution in [-0.4, -0.2) is 74.2 Å². The van der Waals surface area contributed by atoms with E-state index in [4.69, 9.17) is 20.3 Å². The lowest BCUT2D eigenvalue weighted by Gasteiger charge is -2.18. The molecule has 6 atom stereocenters. The fraction of sp³-hybridized carbons (Fsp3) is 0.417. The van der Waals surface area contributed by atoms with Crippen LogP contribution in [-0.2, 0) is 27.3 Å². The number of aromatic nitrogens is 4. The Bertz CT molecular complexity index is 1220. The van der Waals surface area contributed by atoms with E-state index in [1.54, 1.807) is 0 Å². The zero-order valence-electron chi connectivity index (χ0n) is 15.5. The van der Waals surface area contributed by atoms with Crippen LogP contribution in [0.5, 0.6) is 0 Å². The average Bonchev–Trinajstić information content (AvgIpc) is 3.20. The fourth-order valence-electron chi connectivity index (χ4n) is 2.63. The van der Waals surface area contributed by atoms with Crippen molar-refractivity contribution >= 4 is 40.0 Å². The van der Waals surface area contributed by atoms with Gasteiger partial charge in [-0.3, -0.25) is 9.09 Å². The summed E-state index contributed by atoms with van der Waals surface area (Å²) in [6, 6.07) is 0. The number of imidazole rings is 1. The predicted octanol–water partition coefficient (Wildman–Crippen LogP) is -1.56. The van der Waals surface area contributed by atoms with Crippen LogP contribution in [0, 0.1) is 11.3 Å². The molecule has 2 aromatic heterocycles. The van der Waals surface area contributed by atoms with Gasteiger partial charge in [0.05, 0.1) is 12.9 Å². The van der Waals surface area contributed by atoms with E-state index in [0.717, 1.165) is 17.7 Å². The van der Waals surface area contributed by atoms with Crippen LogP contribution in [0.1, 0.15) is 6.23 Å². The molecule has 3 rings (SSSR count). The minimum atomic E-state index is -5.32. The topological polar surface area (TPSA) is 270 Å². The summed E-state index contributed by atoms with van der Waals surface area (Å²) >= 11 is 0. The van der Waals surface area contributed by atoms with Crippen LogP contribution in [0.2, 0.25) is 0 Å². The van der Waals surface area contributed by atoms with Crippen LogP contribution in [0.15, 0.2) is 12.7 Å². The summed E-state index contributed by atoms with van der Waals surface area (Å²) in [4.78, 5) is 47.8. The molecule has 0 aliphatic carbocycles. The summed E-state index contributed by atoms with van der Waals surface area (Å²) < 4.78 is 49.2. The zero-order chi connectivity index (χ0) is 23.9. The summed E-state index contributed by atoms with van der Waals surface area (Å²) in [6.45, 7) is -0.905. The molecule has 32 heavy (non-hydrogen) atoms. The summed E-state index contributed by atoms with van der Waals surface area (Å²) in [5.74, 6) is 0.0512. The highest BCUT2D eigenvalue weighted by Gasteiger charge is 2.46. The van der Waals surface area contributed by atoms with E-state index in [1.165, 1.54) is 10.9 Å². The van der Waals surface area contributed by atoms with Gasteiger partial charge in [0.1, 0.15) is 30.2 Å². The zero-order valence-corrected chi connectivity index (χ0v) is 18.2. The number of aliphatic hydroxyl groups is 2. The second-order valence-electron chi connectivity index (χ2n) is 6.26. The SMILES string of the molecule is Nc1ncnc2c1ncn2[C@@H]1O[C@H](COP(=O)(O)OP(=O)(O)C#CP(=O)(O)O)[C@@H](O)[C@H]1O. The van der Waals surface area contributed by atoms with E-state index in [9.17, 15) is 33.7 Å². The smallest absolute Gasteiger partial charge is 0.387 e. The van der Waals surface area contributed by atoms with E-state index in [-0.39, 0.29) is 17.0 Å². The summed E-state index contributed by atoms with van der Waals surface area (Å²) in [7, 11) is -15.6. The molecule has 1 saturated heterocycles. The van der Waals surface area contributed by atoms with Gasteiger partial charge in [-0.25, -0.2) is 28.6 Å². The highest BCUT2D eigenvalue weighted by atomic mass is 31.3. The van der Waals surface area contributed by atoms with Gasteiger partial charge in [-0.1, -0.05) is 0 Å². The number of fused-ring (bicyclic) bond motifs is 1. The number of ether oxygens (including phenoxy) is 1. The van der Waals surface area contributed by atoms with Crippen molar-refractivity contribution in [1.82, 2.24) is 19.5 Å². The number of phosphoric ester groups is 1. The monoisotopic (exact) mass is 515 g/mol. The van der Waals surface area contributed by atoms with E-state index in [2.05, 4.69) is 23.8 Å². The lowest BCUT2D eigenvalue weighted by atomic mass is 10.1. The van der Waals surface area contributed by atoms with Gasteiger partial charge in [-0.2, -0.15) is 4.31 Å². The third-order valence-corrected chi connectivity index (χ3v) is 7.11. The quantitative estimate of drug-likeness (QED) is 0.169. The molecule has 3 heterocycles. The highest BCUT2D eigenvalue weighted by Crippen LogP contribution is 2.60. The van der Waals surface area contributed by atoms with Crippen molar-refractivity contribution in [1.29, 1.82) is 0 Å². The summed E-state index contributed by atoms with van der Waals surface area (Å²) in [6.07, 6.45) is -3.57. The van der Waals surface area contributed by atoms with Crippen molar-refractivity contribution in [2.24, 2.45) is 0 Å². The van der Waals surface area contributed by atoms with Gasteiger partial charge in [0, 0.05) is 11.3 Å². The minimum Gasteiger partial charge on any atom is -0.387 e. The molecule has 176 valence electrons. The van der Waals surface area contributed by atoms with Crippen LogP contribution >= 0.6 is 23.0 Å². The second kappa shape index (κ2) is 8.88. The number of nitrogens with zero attached hydrogens (tertiary/aromatic N) is 4. The van der Waals surface area contributed by atoms with Crippen LogP contribution < -0.4 is 5.73 Å². The molecule has 0 aromatic carbocycles. The van der Waals surface area contributed by atoms with Crippen molar-refractivity contribution in [3.05, 3.63) is 12.7 Å². The van der Waals surface area contributed by atoms with Gasteiger partial charge in [0.2, 0.25) is 0 Å². The van der Waals surface area contributed by atoms with Crippen LogP contribution in [0.25, 0.3) is 11.2 Å². The van der Waals surface area contributed by atoms with Gasteiger partial charge < -0.3 is 40.3 Å². The third kappa shape index (κ3) is 5.77. The van der Waals surface area contributed by atoms with Gasteiger partial charge >= 0.3 is 23.0 Å². The molecule has 8 N–H and O–H groups in total. The number of hydrogen-bond donors (Lipinski definition) is 7. The van der Waals surface area contributed by atoms with E-state index < -0.39 is 54.2 Å². The Balaban J connectivity index is 1.69. The number of phosphoric acid groups is 1. The molecule has 0 bridgehead atoms. The van der Waals surface area contributed by atoms with Gasteiger partial charge in [0.15, 0.2) is 17.7 Å². The van der Waals surface area contributed by atoms with Crippen molar-refractivity contribution in [3.8, 4) is 11.3 Å². The normalized spacial score (nSPS) is 27.4. The third-order valence-electron chi connectivity index (χ3n) is 3.95. The molecule has 20 heteroatoms. The molecular weight excluding hydrogens is 499 g/mol. The molecule has 0 radical (unpaired) electrons. The van der Waals surface area contributed by atoms with Crippen LogP contribution in [0.3, 0.4) is 0 Å². The van der Waals surface area contributed by atoms with Crippen molar-refractivity contribution in [3.63, 3.8) is 0 Å². The van der Waals surface area contributed by atoms with E-state index >= 15 is 0 Å². The molecule has 0 amide bonds. The number of aliphatic hydroxyl groups excluding tert-OH is 2. The van der Waals surface area contributed by atoms with Gasteiger partial charge in [-0.05, 0) is 0 Å². The maximum atomic E-state index is 11.9. The van der Waals surface area contributed by atoms with Crippen molar-refractivity contribution < 1.29 is 57.1 Å². The van der Waals surface area contributed by atoms with E-state index in [1.807, 2.05) is 0 Å². The predicted molar refractivity (Wildman–Crippen MR) is 102 cm³/mol. The Hall–Kier alpha value is -1.76. The number of nitrogens with two attached hydrogens (primary N) is 1. The molecule has 2 unspecified atom stereocenters. The molecular formula is C12H16N5O12P3. The Kier molecular flexibility index (Phi) is 6.90. The van der Waals surface area contributed by atoms with Gasteiger partial charge in [0.25, 0.3) is 0 Å². The lowest BCUT2D eigenvalue weighted by Crippen LogP contribution is -2.33.